The van der Waals surface area contributed by atoms with Gasteiger partial charge >= 0.3 is 0 Å². The van der Waals surface area contributed by atoms with Crippen LogP contribution in [0.3, 0.4) is 0 Å². The number of carbonyl (C=O) groups is 2. The number of fused-ring (bicyclic) bond motifs is 1. The Morgan fingerprint density at radius 1 is 1.18 bits per heavy atom. The number of piperazine rings is 1. The molecule has 0 spiro atoms. The predicted octanol–water partition coefficient (Wildman–Crippen LogP) is 0.763. The van der Waals surface area contributed by atoms with Gasteiger partial charge in [-0.05, 0) is 18.1 Å². The summed E-state index contributed by atoms with van der Waals surface area (Å²) >= 11 is 0. The lowest BCUT2D eigenvalue weighted by Crippen LogP contribution is -2.54. The summed E-state index contributed by atoms with van der Waals surface area (Å²) in [5.74, 6) is -0.0998. The van der Waals surface area contributed by atoms with Crippen LogP contribution in [-0.2, 0) is 26.2 Å². The summed E-state index contributed by atoms with van der Waals surface area (Å²) in [7, 11) is -3.24. The molecule has 4 rings (SSSR count). The van der Waals surface area contributed by atoms with Gasteiger partial charge in [0.2, 0.25) is 21.8 Å². The minimum absolute atomic E-state index is 0.0154. The smallest absolute Gasteiger partial charge is 0.245 e. The molecule has 1 unspecified atom stereocenters. The van der Waals surface area contributed by atoms with Crippen molar-refractivity contribution in [3.63, 3.8) is 0 Å². The largest absolute Gasteiger partial charge is 0.361 e. The first-order valence-corrected chi connectivity index (χ1v) is 11.3. The van der Waals surface area contributed by atoms with Crippen LogP contribution in [0, 0.1) is 0 Å². The Kier molecular flexibility index (Phi) is 4.88. The zero-order chi connectivity index (χ0) is 19.9. The van der Waals surface area contributed by atoms with Gasteiger partial charge in [0.25, 0.3) is 0 Å². The van der Waals surface area contributed by atoms with Gasteiger partial charge in [-0.2, -0.15) is 4.31 Å². The summed E-state index contributed by atoms with van der Waals surface area (Å²) in [6.45, 7) is 1.71. The lowest BCUT2D eigenvalue weighted by atomic mass is 10.1. The number of para-hydroxylation sites is 1. The summed E-state index contributed by atoms with van der Waals surface area (Å²) in [4.78, 5) is 32.1. The quantitative estimate of drug-likeness (QED) is 0.814. The van der Waals surface area contributed by atoms with Crippen molar-refractivity contribution in [3.05, 3.63) is 36.0 Å². The maximum Gasteiger partial charge on any atom is 0.245 e. The van der Waals surface area contributed by atoms with E-state index >= 15 is 0 Å². The summed E-state index contributed by atoms with van der Waals surface area (Å²) in [6.07, 6.45) is 3.94. The fraction of sp³-hybridized carbons (Fsp3) is 0.474. The molecule has 2 saturated heterocycles. The molecule has 1 N–H and O–H groups in total. The summed E-state index contributed by atoms with van der Waals surface area (Å²) in [5.41, 5.74) is 1.99. The highest BCUT2D eigenvalue weighted by molar-refractivity contribution is 7.88. The molecule has 2 amide bonds. The molecule has 8 nitrogen and oxygen atoms in total. The van der Waals surface area contributed by atoms with Crippen LogP contribution >= 0.6 is 0 Å². The average Bonchev–Trinajstić information content (AvgIpc) is 3.25. The van der Waals surface area contributed by atoms with Crippen molar-refractivity contribution in [1.29, 1.82) is 0 Å². The van der Waals surface area contributed by atoms with Crippen molar-refractivity contribution in [3.8, 4) is 0 Å². The number of sulfonamides is 1. The summed E-state index contributed by atoms with van der Waals surface area (Å²) in [5, 5.41) is 1.05. The van der Waals surface area contributed by atoms with Crippen LogP contribution in [0.15, 0.2) is 30.5 Å². The number of carbonyl (C=O) groups excluding carboxylic acids is 2. The Labute approximate surface area is 164 Å². The number of hydrogen-bond acceptors (Lipinski definition) is 4. The molecule has 3 heterocycles. The highest BCUT2D eigenvalue weighted by atomic mass is 32.2. The number of nitrogens with zero attached hydrogens (tertiary/aromatic N) is 3. The van der Waals surface area contributed by atoms with Crippen molar-refractivity contribution >= 4 is 32.7 Å². The number of H-pyrrole nitrogens is 1. The molecule has 1 atom stereocenters. The van der Waals surface area contributed by atoms with Crippen LogP contribution in [0.5, 0.6) is 0 Å². The summed E-state index contributed by atoms with van der Waals surface area (Å²) < 4.78 is 24.7. The molecule has 1 aromatic carbocycles. The average molecular weight is 404 g/mol. The number of benzene rings is 1. The van der Waals surface area contributed by atoms with Crippen LogP contribution < -0.4 is 0 Å². The number of aromatic nitrogens is 1. The third-order valence-corrected chi connectivity index (χ3v) is 6.95. The van der Waals surface area contributed by atoms with Gasteiger partial charge in [0.1, 0.15) is 6.04 Å². The van der Waals surface area contributed by atoms with E-state index in [0.717, 1.165) is 16.5 Å². The topological polar surface area (TPSA) is 93.8 Å². The SMILES string of the molecule is CS(=O)(=O)N1CCN(C(=O)C2CCC(=O)N2Cc2c[nH]c3ccccc23)CC1. The molecule has 28 heavy (non-hydrogen) atoms. The van der Waals surface area contributed by atoms with E-state index in [1.165, 1.54) is 10.6 Å². The second-order valence-corrected chi connectivity index (χ2v) is 9.41. The molecular formula is C19H24N4O4S. The monoisotopic (exact) mass is 404 g/mol. The zero-order valence-corrected chi connectivity index (χ0v) is 16.6. The van der Waals surface area contributed by atoms with E-state index in [9.17, 15) is 18.0 Å². The molecule has 150 valence electrons. The maximum absolute atomic E-state index is 13.1. The van der Waals surface area contributed by atoms with E-state index in [1.807, 2.05) is 30.5 Å². The van der Waals surface area contributed by atoms with Crippen LogP contribution in [0.1, 0.15) is 18.4 Å². The van der Waals surface area contributed by atoms with Crippen molar-refractivity contribution in [1.82, 2.24) is 19.1 Å². The van der Waals surface area contributed by atoms with Gasteiger partial charge in [-0.25, -0.2) is 8.42 Å². The molecule has 2 fully saturated rings. The fourth-order valence-electron chi connectivity index (χ4n) is 4.09. The van der Waals surface area contributed by atoms with Crippen LogP contribution in [0.25, 0.3) is 10.9 Å². The van der Waals surface area contributed by atoms with Gasteiger partial charge in [-0.3, -0.25) is 9.59 Å². The molecule has 2 aliphatic rings. The van der Waals surface area contributed by atoms with Crippen molar-refractivity contribution in [2.75, 3.05) is 32.4 Å². The Balaban J connectivity index is 1.48. The lowest BCUT2D eigenvalue weighted by Gasteiger charge is -2.36. The minimum atomic E-state index is -3.24. The first-order chi connectivity index (χ1) is 13.3. The first-order valence-electron chi connectivity index (χ1n) is 9.43. The second-order valence-electron chi connectivity index (χ2n) is 7.42. The van der Waals surface area contributed by atoms with Gasteiger partial charge < -0.3 is 14.8 Å². The molecule has 2 aliphatic heterocycles. The van der Waals surface area contributed by atoms with Crippen molar-refractivity contribution in [2.24, 2.45) is 0 Å². The van der Waals surface area contributed by atoms with Gasteiger partial charge in [-0.15, -0.1) is 0 Å². The number of rotatable bonds is 4. The van der Waals surface area contributed by atoms with Gasteiger partial charge in [0.15, 0.2) is 0 Å². The molecular weight excluding hydrogens is 380 g/mol. The second kappa shape index (κ2) is 7.21. The normalized spacial score (nSPS) is 21.6. The van der Waals surface area contributed by atoms with Crippen LogP contribution in [-0.4, -0.2) is 77.8 Å². The Morgan fingerprint density at radius 3 is 2.61 bits per heavy atom. The zero-order valence-electron chi connectivity index (χ0n) is 15.8. The third kappa shape index (κ3) is 3.51. The Hall–Kier alpha value is -2.39. The molecule has 2 aromatic rings. The van der Waals surface area contributed by atoms with Gasteiger partial charge in [-0.1, -0.05) is 18.2 Å². The van der Waals surface area contributed by atoms with E-state index < -0.39 is 16.1 Å². The molecule has 1 aromatic heterocycles. The number of amides is 2. The fourth-order valence-corrected chi connectivity index (χ4v) is 4.91. The number of likely N-dealkylation sites (tertiary alicyclic amines) is 1. The van der Waals surface area contributed by atoms with E-state index in [-0.39, 0.29) is 11.8 Å². The maximum atomic E-state index is 13.1. The van der Waals surface area contributed by atoms with Crippen molar-refractivity contribution in [2.45, 2.75) is 25.4 Å². The standard InChI is InChI=1S/C19H24N4O4S/c1-28(26,27)22-10-8-21(9-11-22)19(25)17-6-7-18(24)23(17)13-14-12-20-16-5-3-2-4-15(14)16/h2-5,12,17,20H,6-11,13H2,1H3. The van der Waals surface area contributed by atoms with E-state index in [0.29, 0.717) is 45.6 Å². The number of aromatic amines is 1. The van der Waals surface area contributed by atoms with Crippen molar-refractivity contribution < 1.29 is 18.0 Å². The number of hydrogen-bond donors (Lipinski definition) is 1. The van der Waals surface area contributed by atoms with E-state index in [1.54, 1.807) is 9.80 Å². The minimum Gasteiger partial charge on any atom is -0.361 e. The van der Waals surface area contributed by atoms with Gasteiger partial charge in [0, 0.05) is 56.2 Å². The highest BCUT2D eigenvalue weighted by Crippen LogP contribution is 2.27. The molecule has 0 saturated carbocycles. The lowest BCUT2D eigenvalue weighted by molar-refractivity contribution is -0.142. The predicted molar refractivity (Wildman–Crippen MR) is 105 cm³/mol. The number of nitrogens with one attached hydrogen (secondary N) is 1. The van der Waals surface area contributed by atoms with Gasteiger partial charge in [0.05, 0.1) is 6.26 Å². The highest BCUT2D eigenvalue weighted by Gasteiger charge is 2.39. The van der Waals surface area contributed by atoms with E-state index in [2.05, 4.69) is 4.98 Å². The Morgan fingerprint density at radius 2 is 1.89 bits per heavy atom. The molecule has 9 heteroatoms. The van der Waals surface area contributed by atoms with Crippen LogP contribution in [0.2, 0.25) is 0 Å². The molecule has 0 bridgehead atoms. The first kappa shape index (κ1) is 18.9. The summed E-state index contributed by atoms with van der Waals surface area (Å²) in [6, 6.07) is 7.41. The van der Waals surface area contributed by atoms with Crippen LogP contribution in [0.4, 0.5) is 0 Å². The molecule has 0 radical (unpaired) electrons. The van der Waals surface area contributed by atoms with E-state index in [4.69, 9.17) is 0 Å². The molecule has 0 aliphatic carbocycles. The third-order valence-electron chi connectivity index (χ3n) is 5.65. The Bertz CT molecular complexity index is 1010.